The second kappa shape index (κ2) is 3.59. The number of rotatable bonds is 3. The van der Waals surface area contributed by atoms with E-state index < -0.39 is 0 Å². The van der Waals surface area contributed by atoms with Gasteiger partial charge in [0.15, 0.2) is 0 Å². The van der Waals surface area contributed by atoms with Crippen LogP contribution in [0.1, 0.15) is 34.1 Å². The highest BCUT2D eigenvalue weighted by Crippen LogP contribution is 2.17. The second-order valence-electron chi connectivity index (χ2n) is 3.43. The predicted octanol–water partition coefficient (Wildman–Crippen LogP) is 1.56. The number of carbonyl (C=O) groups excluding carboxylic acids is 1. The number of carbonyl (C=O) groups is 1. The molecule has 0 heterocycles. The molecule has 0 saturated carbocycles. The Hall–Kier alpha value is -0.530. The normalized spacial score (nSPS) is 11.2. The zero-order valence-corrected chi connectivity index (χ0v) is 7.32. The standard InChI is InChI=1S/C8H17NO/c1-5-8(3,4)6-9-7(2)10/h5-6H2,1-4H3,(H,9,10). The second-order valence-corrected chi connectivity index (χ2v) is 3.43. The zero-order valence-electron chi connectivity index (χ0n) is 7.32. The van der Waals surface area contributed by atoms with Crippen LogP contribution in [0.4, 0.5) is 0 Å². The van der Waals surface area contributed by atoms with E-state index in [0.717, 1.165) is 13.0 Å². The van der Waals surface area contributed by atoms with Gasteiger partial charge in [-0.2, -0.15) is 0 Å². The summed E-state index contributed by atoms with van der Waals surface area (Å²) >= 11 is 0. The van der Waals surface area contributed by atoms with E-state index >= 15 is 0 Å². The molecule has 0 aliphatic rings. The van der Waals surface area contributed by atoms with Gasteiger partial charge >= 0.3 is 0 Å². The number of hydrogen-bond acceptors (Lipinski definition) is 1. The summed E-state index contributed by atoms with van der Waals surface area (Å²) in [6.07, 6.45) is 1.09. The minimum absolute atomic E-state index is 0.0570. The molecule has 10 heavy (non-hydrogen) atoms. The molecule has 0 bridgehead atoms. The fourth-order valence-corrected chi connectivity index (χ4v) is 0.489. The van der Waals surface area contributed by atoms with Crippen LogP contribution in [0.3, 0.4) is 0 Å². The maximum absolute atomic E-state index is 10.5. The van der Waals surface area contributed by atoms with Crippen molar-refractivity contribution in [3.05, 3.63) is 0 Å². The Bertz CT molecular complexity index is 118. The Morgan fingerprint density at radius 2 is 2.00 bits per heavy atom. The average Bonchev–Trinajstić information content (AvgIpc) is 1.85. The van der Waals surface area contributed by atoms with Crippen LogP contribution in [-0.2, 0) is 4.79 Å². The molecule has 0 atom stereocenters. The third kappa shape index (κ3) is 4.36. The molecule has 0 unspecified atom stereocenters. The van der Waals surface area contributed by atoms with Crippen molar-refractivity contribution in [1.82, 2.24) is 5.32 Å². The molecule has 0 fully saturated rings. The third-order valence-electron chi connectivity index (χ3n) is 1.77. The van der Waals surface area contributed by atoms with Crippen molar-refractivity contribution in [2.45, 2.75) is 34.1 Å². The Labute approximate surface area is 63.0 Å². The largest absolute Gasteiger partial charge is 0.356 e. The van der Waals surface area contributed by atoms with Gasteiger partial charge in [0.2, 0.25) is 5.91 Å². The topological polar surface area (TPSA) is 29.1 Å². The van der Waals surface area contributed by atoms with Crippen molar-refractivity contribution >= 4 is 5.91 Å². The lowest BCUT2D eigenvalue weighted by Gasteiger charge is -2.22. The van der Waals surface area contributed by atoms with Gasteiger partial charge in [0, 0.05) is 13.5 Å². The maximum atomic E-state index is 10.5. The highest BCUT2D eigenvalue weighted by Gasteiger charge is 2.14. The fourth-order valence-electron chi connectivity index (χ4n) is 0.489. The maximum Gasteiger partial charge on any atom is 0.216 e. The molecule has 0 aliphatic carbocycles. The molecule has 2 heteroatoms. The monoisotopic (exact) mass is 143 g/mol. The van der Waals surface area contributed by atoms with Crippen LogP contribution in [-0.4, -0.2) is 12.5 Å². The highest BCUT2D eigenvalue weighted by atomic mass is 16.1. The summed E-state index contributed by atoms with van der Waals surface area (Å²) in [5.74, 6) is 0.0570. The molecule has 0 saturated heterocycles. The van der Waals surface area contributed by atoms with E-state index in [1.165, 1.54) is 0 Å². The van der Waals surface area contributed by atoms with Gasteiger partial charge in [-0.15, -0.1) is 0 Å². The summed E-state index contributed by atoms with van der Waals surface area (Å²) in [7, 11) is 0. The summed E-state index contributed by atoms with van der Waals surface area (Å²) in [4.78, 5) is 10.5. The van der Waals surface area contributed by atoms with Crippen molar-refractivity contribution < 1.29 is 4.79 Å². The lowest BCUT2D eigenvalue weighted by atomic mass is 9.90. The van der Waals surface area contributed by atoms with Gasteiger partial charge in [-0.05, 0) is 11.8 Å². The van der Waals surface area contributed by atoms with E-state index in [9.17, 15) is 4.79 Å². The first kappa shape index (κ1) is 9.47. The van der Waals surface area contributed by atoms with Crippen LogP contribution in [0.5, 0.6) is 0 Å². The van der Waals surface area contributed by atoms with Crippen LogP contribution >= 0.6 is 0 Å². The summed E-state index contributed by atoms with van der Waals surface area (Å²) in [5, 5.41) is 2.80. The Balaban J connectivity index is 3.56. The van der Waals surface area contributed by atoms with E-state index in [4.69, 9.17) is 0 Å². The third-order valence-corrected chi connectivity index (χ3v) is 1.77. The first-order valence-electron chi connectivity index (χ1n) is 3.72. The van der Waals surface area contributed by atoms with E-state index in [-0.39, 0.29) is 11.3 Å². The first-order valence-corrected chi connectivity index (χ1v) is 3.72. The molecule has 0 aromatic heterocycles. The van der Waals surface area contributed by atoms with Crippen molar-refractivity contribution in [2.24, 2.45) is 5.41 Å². The van der Waals surface area contributed by atoms with Gasteiger partial charge in [-0.3, -0.25) is 4.79 Å². The van der Waals surface area contributed by atoms with E-state index in [1.54, 1.807) is 6.92 Å². The van der Waals surface area contributed by atoms with Crippen molar-refractivity contribution in [3.63, 3.8) is 0 Å². The van der Waals surface area contributed by atoms with Gasteiger partial charge in [0.25, 0.3) is 0 Å². The molecule has 60 valence electrons. The SMILES string of the molecule is CCC(C)(C)CNC(C)=O. The molecule has 0 radical (unpaired) electrons. The van der Waals surface area contributed by atoms with Gasteiger partial charge in [0.1, 0.15) is 0 Å². The predicted molar refractivity (Wildman–Crippen MR) is 42.8 cm³/mol. The zero-order chi connectivity index (χ0) is 8.20. The number of amides is 1. The number of hydrogen-bond donors (Lipinski definition) is 1. The lowest BCUT2D eigenvalue weighted by Crippen LogP contribution is -2.31. The quantitative estimate of drug-likeness (QED) is 0.638. The molecule has 1 N–H and O–H groups in total. The molecule has 0 aromatic rings. The minimum Gasteiger partial charge on any atom is -0.356 e. The fraction of sp³-hybridized carbons (Fsp3) is 0.875. The van der Waals surface area contributed by atoms with E-state index in [0.29, 0.717) is 0 Å². The van der Waals surface area contributed by atoms with Crippen LogP contribution in [0.2, 0.25) is 0 Å². The van der Waals surface area contributed by atoms with E-state index in [1.807, 2.05) is 0 Å². The molecule has 0 spiro atoms. The van der Waals surface area contributed by atoms with Gasteiger partial charge in [0.05, 0.1) is 0 Å². The lowest BCUT2D eigenvalue weighted by molar-refractivity contribution is -0.119. The highest BCUT2D eigenvalue weighted by molar-refractivity contribution is 5.72. The van der Waals surface area contributed by atoms with Gasteiger partial charge in [-0.25, -0.2) is 0 Å². The molecule has 0 aliphatic heterocycles. The van der Waals surface area contributed by atoms with Crippen LogP contribution in [0, 0.1) is 5.41 Å². The van der Waals surface area contributed by atoms with Crippen LogP contribution < -0.4 is 5.32 Å². The van der Waals surface area contributed by atoms with Crippen LogP contribution in [0.25, 0.3) is 0 Å². The Kier molecular flexibility index (Phi) is 3.40. The summed E-state index contributed by atoms with van der Waals surface area (Å²) in [6.45, 7) is 8.73. The molecular weight excluding hydrogens is 126 g/mol. The first-order chi connectivity index (χ1) is 4.48. The molecule has 2 nitrogen and oxygen atoms in total. The average molecular weight is 143 g/mol. The van der Waals surface area contributed by atoms with Crippen LogP contribution in [0.15, 0.2) is 0 Å². The van der Waals surface area contributed by atoms with Gasteiger partial charge in [-0.1, -0.05) is 20.8 Å². The van der Waals surface area contributed by atoms with Crippen molar-refractivity contribution in [1.29, 1.82) is 0 Å². The smallest absolute Gasteiger partial charge is 0.216 e. The molecular formula is C8H17NO. The molecule has 1 amide bonds. The Morgan fingerprint density at radius 1 is 1.50 bits per heavy atom. The molecule has 0 aromatic carbocycles. The van der Waals surface area contributed by atoms with Crippen molar-refractivity contribution in [2.75, 3.05) is 6.54 Å². The van der Waals surface area contributed by atoms with Crippen molar-refractivity contribution in [3.8, 4) is 0 Å². The van der Waals surface area contributed by atoms with E-state index in [2.05, 4.69) is 26.1 Å². The minimum atomic E-state index is 0.0570. The summed E-state index contributed by atoms with van der Waals surface area (Å²) in [5.41, 5.74) is 0.242. The molecule has 0 rings (SSSR count). The Morgan fingerprint density at radius 3 is 2.30 bits per heavy atom. The summed E-state index contributed by atoms with van der Waals surface area (Å²) < 4.78 is 0. The number of nitrogens with one attached hydrogen (secondary N) is 1. The summed E-state index contributed by atoms with van der Waals surface area (Å²) in [6, 6.07) is 0. The van der Waals surface area contributed by atoms with Gasteiger partial charge < -0.3 is 5.32 Å².